The van der Waals surface area contributed by atoms with Gasteiger partial charge in [0.25, 0.3) is 0 Å². The second-order valence-electron chi connectivity index (χ2n) is 7.64. The summed E-state index contributed by atoms with van der Waals surface area (Å²) in [5.74, 6) is 0.660. The Kier molecular flexibility index (Phi) is 5.28. The summed E-state index contributed by atoms with van der Waals surface area (Å²) in [5, 5.41) is 0. The second-order valence-corrected chi connectivity index (χ2v) is 7.64. The van der Waals surface area contributed by atoms with Gasteiger partial charge in [0.15, 0.2) is 0 Å². The largest absolute Gasteiger partial charge is 0.497 e. The minimum atomic E-state index is -4.45. The Hall–Kier alpha value is -4.20. The molecule has 170 valence electrons. The van der Waals surface area contributed by atoms with Gasteiger partial charge in [-0.25, -0.2) is 14.4 Å². The van der Waals surface area contributed by atoms with E-state index >= 15 is 0 Å². The quantitative estimate of drug-likeness (QED) is 0.272. The Balaban J connectivity index is 1.73. The molecule has 0 saturated heterocycles. The Labute approximate surface area is 192 Å². The molecule has 4 nitrogen and oxygen atoms in total. The number of nitrogens with zero attached hydrogens (tertiary/aromatic N) is 3. The number of methoxy groups -OCH3 is 1. The van der Waals surface area contributed by atoms with Crippen LogP contribution in [0.5, 0.6) is 5.75 Å². The van der Waals surface area contributed by atoms with Crippen molar-refractivity contribution in [2.45, 2.75) is 6.18 Å². The fourth-order valence-corrected chi connectivity index (χ4v) is 3.79. The molecule has 5 aromatic rings. The van der Waals surface area contributed by atoms with E-state index in [4.69, 9.17) is 4.74 Å². The van der Waals surface area contributed by atoms with Gasteiger partial charge in [-0.2, -0.15) is 13.2 Å². The van der Waals surface area contributed by atoms with Gasteiger partial charge in [-0.1, -0.05) is 12.1 Å². The lowest BCUT2D eigenvalue weighted by Gasteiger charge is -2.10. The zero-order chi connectivity index (χ0) is 23.9. The predicted octanol–water partition coefficient (Wildman–Crippen LogP) is 6.90. The van der Waals surface area contributed by atoms with E-state index < -0.39 is 11.7 Å². The fourth-order valence-electron chi connectivity index (χ4n) is 3.79. The molecule has 0 saturated carbocycles. The Morgan fingerprint density at radius 3 is 2.21 bits per heavy atom. The van der Waals surface area contributed by atoms with Crippen LogP contribution < -0.4 is 4.74 Å². The van der Waals surface area contributed by atoms with Crippen molar-refractivity contribution >= 4 is 5.78 Å². The molecule has 0 aliphatic heterocycles. The van der Waals surface area contributed by atoms with Gasteiger partial charge in [0, 0.05) is 29.1 Å². The molecule has 0 bridgehead atoms. The molecule has 2 heterocycles. The van der Waals surface area contributed by atoms with Gasteiger partial charge in [-0.3, -0.25) is 4.40 Å². The molecule has 0 amide bonds. The molecular formula is C26H17F4N3O. The lowest BCUT2D eigenvalue weighted by atomic mass is 10.0. The van der Waals surface area contributed by atoms with Crippen molar-refractivity contribution in [3.8, 4) is 39.4 Å². The van der Waals surface area contributed by atoms with Crippen LogP contribution in [-0.2, 0) is 6.18 Å². The second kappa shape index (κ2) is 8.30. The number of fused-ring (bicyclic) bond motifs is 1. The van der Waals surface area contributed by atoms with Crippen LogP contribution in [0.1, 0.15) is 5.56 Å². The highest BCUT2D eigenvalue weighted by atomic mass is 19.4. The van der Waals surface area contributed by atoms with Crippen molar-refractivity contribution < 1.29 is 22.3 Å². The van der Waals surface area contributed by atoms with Crippen LogP contribution in [0.4, 0.5) is 17.6 Å². The van der Waals surface area contributed by atoms with Crippen LogP contribution in [0, 0.1) is 5.82 Å². The molecule has 0 spiro atoms. The first-order valence-corrected chi connectivity index (χ1v) is 10.3. The van der Waals surface area contributed by atoms with E-state index in [1.54, 1.807) is 48.0 Å². The summed E-state index contributed by atoms with van der Waals surface area (Å²) >= 11 is 0. The van der Waals surface area contributed by atoms with Crippen LogP contribution >= 0.6 is 0 Å². The standard InChI is InChI=1S/C26H17F4N3O/c1-34-22-11-7-17(8-12-22)24-23(16-5-9-21(27)10-6-16)32-25-31-14-19(15-33(24)25)18-3-2-4-20(13-18)26(28,29)30/h2-15H,1H3. The number of ether oxygens (including phenoxy) is 1. The molecule has 3 aromatic carbocycles. The van der Waals surface area contributed by atoms with E-state index in [1.165, 1.54) is 24.4 Å². The van der Waals surface area contributed by atoms with Crippen LogP contribution in [0.25, 0.3) is 39.4 Å². The molecule has 0 fully saturated rings. The van der Waals surface area contributed by atoms with Crippen molar-refractivity contribution in [3.63, 3.8) is 0 Å². The normalized spacial score (nSPS) is 11.7. The number of imidazole rings is 1. The van der Waals surface area contributed by atoms with E-state index in [-0.39, 0.29) is 5.82 Å². The topological polar surface area (TPSA) is 39.4 Å². The number of rotatable bonds is 4. The number of benzene rings is 3. The fraction of sp³-hybridized carbons (Fsp3) is 0.0769. The number of aromatic nitrogens is 3. The zero-order valence-electron chi connectivity index (χ0n) is 17.8. The Morgan fingerprint density at radius 2 is 1.53 bits per heavy atom. The van der Waals surface area contributed by atoms with Crippen LogP contribution in [0.15, 0.2) is 85.2 Å². The van der Waals surface area contributed by atoms with Crippen molar-refractivity contribution in [1.29, 1.82) is 0 Å². The van der Waals surface area contributed by atoms with E-state index in [2.05, 4.69) is 9.97 Å². The summed E-state index contributed by atoms with van der Waals surface area (Å²) < 4.78 is 60.2. The smallest absolute Gasteiger partial charge is 0.416 e. The average Bonchev–Trinajstić information content (AvgIpc) is 3.23. The van der Waals surface area contributed by atoms with Gasteiger partial charge >= 0.3 is 6.18 Å². The van der Waals surface area contributed by atoms with Gasteiger partial charge in [0.1, 0.15) is 11.6 Å². The summed E-state index contributed by atoms with van der Waals surface area (Å²) in [6.07, 6.45) is -1.26. The summed E-state index contributed by atoms with van der Waals surface area (Å²) in [6.45, 7) is 0. The molecule has 34 heavy (non-hydrogen) atoms. The maximum atomic E-state index is 13.5. The van der Waals surface area contributed by atoms with Crippen LogP contribution in [0.2, 0.25) is 0 Å². The maximum absolute atomic E-state index is 13.5. The summed E-state index contributed by atoms with van der Waals surface area (Å²) in [6, 6.07) is 18.3. The summed E-state index contributed by atoms with van der Waals surface area (Å²) in [5.41, 5.74) is 2.84. The molecule has 8 heteroatoms. The maximum Gasteiger partial charge on any atom is 0.416 e. The van der Waals surface area contributed by atoms with Crippen molar-refractivity contribution in [2.24, 2.45) is 0 Å². The van der Waals surface area contributed by atoms with Crippen molar-refractivity contribution in [3.05, 3.63) is 96.6 Å². The molecule has 5 rings (SSSR count). The molecule has 0 atom stereocenters. The minimum Gasteiger partial charge on any atom is -0.497 e. The van der Waals surface area contributed by atoms with Gasteiger partial charge in [0.05, 0.1) is 24.1 Å². The number of hydrogen-bond donors (Lipinski definition) is 0. The monoisotopic (exact) mass is 463 g/mol. The third kappa shape index (κ3) is 3.98. The first-order valence-electron chi connectivity index (χ1n) is 10.3. The minimum absolute atomic E-state index is 0.362. The van der Waals surface area contributed by atoms with Crippen LogP contribution in [-0.4, -0.2) is 21.5 Å². The zero-order valence-corrected chi connectivity index (χ0v) is 17.8. The molecule has 2 aromatic heterocycles. The lowest BCUT2D eigenvalue weighted by Crippen LogP contribution is -2.04. The van der Waals surface area contributed by atoms with Gasteiger partial charge in [-0.15, -0.1) is 0 Å². The van der Waals surface area contributed by atoms with Gasteiger partial charge in [-0.05, 0) is 66.2 Å². The first-order chi connectivity index (χ1) is 16.3. The highest BCUT2D eigenvalue weighted by Gasteiger charge is 2.30. The number of alkyl halides is 3. The Bertz CT molecular complexity index is 1470. The number of halogens is 4. The van der Waals surface area contributed by atoms with E-state index in [0.29, 0.717) is 39.6 Å². The molecule has 0 aliphatic rings. The SMILES string of the molecule is COc1ccc(-c2c(-c3ccc(F)cc3)nc3ncc(-c4cccc(C(F)(F)F)c4)cn23)cc1. The third-order valence-corrected chi connectivity index (χ3v) is 5.48. The van der Waals surface area contributed by atoms with E-state index in [9.17, 15) is 17.6 Å². The predicted molar refractivity (Wildman–Crippen MR) is 121 cm³/mol. The van der Waals surface area contributed by atoms with E-state index in [0.717, 1.165) is 17.7 Å². The van der Waals surface area contributed by atoms with Crippen LogP contribution in [0.3, 0.4) is 0 Å². The molecule has 0 unspecified atom stereocenters. The molecule has 0 aliphatic carbocycles. The average molecular weight is 463 g/mol. The van der Waals surface area contributed by atoms with Gasteiger partial charge < -0.3 is 4.74 Å². The Morgan fingerprint density at radius 1 is 0.824 bits per heavy atom. The highest BCUT2D eigenvalue weighted by Crippen LogP contribution is 2.35. The molecule has 0 radical (unpaired) electrons. The first kappa shape index (κ1) is 21.6. The third-order valence-electron chi connectivity index (χ3n) is 5.48. The van der Waals surface area contributed by atoms with Crippen molar-refractivity contribution in [1.82, 2.24) is 14.4 Å². The summed E-state index contributed by atoms with van der Waals surface area (Å²) in [4.78, 5) is 9.05. The molecule has 0 N–H and O–H groups in total. The van der Waals surface area contributed by atoms with Crippen molar-refractivity contribution in [2.75, 3.05) is 7.11 Å². The summed E-state index contributed by atoms with van der Waals surface area (Å²) in [7, 11) is 1.57. The number of hydrogen-bond acceptors (Lipinski definition) is 3. The highest BCUT2D eigenvalue weighted by molar-refractivity contribution is 5.82. The molecular weight excluding hydrogens is 446 g/mol. The lowest BCUT2D eigenvalue weighted by molar-refractivity contribution is -0.137. The van der Waals surface area contributed by atoms with E-state index in [1.807, 2.05) is 12.1 Å². The van der Waals surface area contributed by atoms with Gasteiger partial charge in [0.2, 0.25) is 5.78 Å².